The molecule has 22 heavy (non-hydrogen) atoms. The van der Waals surface area contributed by atoms with Gasteiger partial charge in [-0.2, -0.15) is 0 Å². The summed E-state index contributed by atoms with van der Waals surface area (Å²) in [5.41, 5.74) is 1.74. The van der Waals surface area contributed by atoms with Gasteiger partial charge in [-0.25, -0.2) is 0 Å². The van der Waals surface area contributed by atoms with Crippen molar-refractivity contribution in [3.8, 4) is 11.5 Å². The molecule has 0 bridgehead atoms. The molecule has 114 valence electrons. The van der Waals surface area contributed by atoms with Gasteiger partial charge in [-0.3, -0.25) is 4.79 Å². The van der Waals surface area contributed by atoms with Crippen LogP contribution < -0.4 is 9.47 Å². The van der Waals surface area contributed by atoms with Crippen LogP contribution >= 0.6 is 0 Å². The molecule has 0 saturated carbocycles. The predicted molar refractivity (Wildman–Crippen MR) is 82.4 cm³/mol. The van der Waals surface area contributed by atoms with Crippen LogP contribution in [-0.2, 0) is 16.6 Å². The number of fused-ring (bicyclic) bond motifs is 1. The van der Waals surface area contributed by atoms with Gasteiger partial charge in [-0.05, 0) is 49.1 Å². The molecule has 2 aromatic rings. The molecule has 0 fully saturated rings. The molecule has 0 radical (unpaired) electrons. The molecule has 1 atom stereocenters. The molecule has 2 aromatic carbocycles. The Morgan fingerprint density at radius 1 is 1.18 bits per heavy atom. The number of rotatable bonds is 4. The van der Waals surface area contributed by atoms with Crippen LogP contribution in [0.25, 0.3) is 0 Å². The van der Waals surface area contributed by atoms with E-state index in [2.05, 4.69) is 0 Å². The number of ether oxygens (including phenoxy) is 2. The first-order valence-electron chi connectivity index (χ1n) is 7.19. The second-order valence-electron chi connectivity index (χ2n) is 5.82. The molecule has 0 aliphatic carbocycles. The van der Waals surface area contributed by atoms with Gasteiger partial charge in [-0.15, -0.1) is 0 Å². The van der Waals surface area contributed by atoms with Crippen LogP contribution in [-0.4, -0.2) is 17.9 Å². The van der Waals surface area contributed by atoms with E-state index >= 15 is 0 Å². The number of hydrogen-bond donors (Lipinski definition) is 1. The Bertz CT molecular complexity index is 723. The smallest absolute Gasteiger partial charge is 0.314 e. The lowest BCUT2D eigenvalue weighted by atomic mass is 9.75. The number of benzene rings is 2. The quantitative estimate of drug-likeness (QED) is 0.941. The SMILES string of the molecule is Cc1ccccc1C(C)(Cc1ccc2c(c1)OCO2)C(=O)O. The average molecular weight is 298 g/mol. The molecule has 0 saturated heterocycles. The normalized spacial score (nSPS) is 15.4. The van der Waals surface area contributed by atoms with E-state index in [0.717, 1.165) is 16.7 Å². The summed E-state index contributed by atoms with van der Waals surface area (Å²) in [6.07, 6.45) is 0.393. The standard InChI is InChI=1S/C18H18O4/c1-12-5-3-4-6-14(12)18(2,17(19)20)10-13-7-8-15-16(9-13)22-11-21-15/h3-9H,10-11H2,1-2H3,(H,19,20). The van der Waals surface area contributed by atoms with Gasteiger partial charge in [-0.1, -0.05) is 30.3 Å². The van der Waals surface area contributed by atoms with Gasteiger partial charge in [0.25, 0.3) is 0 Å². The minimum Gasteiger partial charge on any atom is -0.481 e. The molecular weight excluding hydrogens is 280 g/mol. The van der Waals surface area contributed by atoms with Crippen molar-refractivity contribution in [3.63, 3.8) is 0 Å². The van der Waals surface area contributed by atoms with Crippen LogP contribution in [0.2, 0.25) is 0 Å². The monoisotopic (exact) mass is 298 g/mol. The van der Waals surface area contributed by atoms with E-state index in [4.69, 9.17) is 9.47 Å². The van der Waals surface area contributed by atoms with Crippen LogP contribution in [0, 0.1) is 6.92 Å². The highest BCUT2D eigenvalue weighted by Gasteiger charge is 2.36. The maximum absolute atomic E-state index is 12.0. The Morgan fingerprint density at radius 3 is 2.64 bits per heavy atom. The van der Waals surface area contributed by atoms with Gasteiger partial charge in [0.15, 0.2) is 11.5 Å². The van der Waals surface area contributed by atoms with Crippen LogP contribution in [0.3, 0.4) is 0 Å². The van der Waals surface area contributed by atoms with Gasteiger partial charge < -0.3 is 14.6 Å². The van der Waals surface area contributed by atoms with E-state index < -0.39 is 11.4 Å². The lowest BCUT2D eigenvalue weighted by Gasteiger charge is -2.27. The van der Waals surface area contributed by atoms with Gasteiger partial charge in [0.1, 0.15) is 0 Å². The summed E-state index contributed by atoms with van der Waals surface area (Å²) >= 11 is 0. The molecule has 0 spiro atoms. The summed E-state index contributed by atoms with van der Waals surface area (Å²) in [7, 11) is 0. The molecular formula is C18H18O4. The largest absolute Gasteiger partial charge is 0.481 e. The molecule has 1 N–H and O–H groups in total. The highest BCUT2D eigenvalue weighted by Crippen LogP contribution is 2.36. The number of aryl methyl sites for hydroxylation is 1. The minimum atomic E-state index is -0.987. The average Bonchev–Trinajstić information content (AvgIpc) is 2.95. The summed E-state index contributed by atoms with van der Waals surface area (Å²) < 4.78 is 10.7. The second-order valence-corrected chi connectivity index (χ2v) is 5.82. The highest BCUT2D eigenvalue weighted by atomic mass is 16.7. The Kier molecular flexibility index (Phi) is 3.53. The van der Waals surface area contributed by atoms with Crippen LogP contribution in [0.5, 0.6) is 11.5 Å². The van der Waals surface area contributed by atoms with E-state index in [-0.39, 0.29) is 6.79 Å². The van der Waals surface area contributed by atoms with Gasteiger partial charge in [0, 0.05) is 0 Å². The zero-order chi connectivity index (χ0) is 15.7. The third-order valence-electron chi connectivity index (χ3n) is 4.21. The fourth-order valence-corrected chi connectivity index (χ4v) is 2.94. The number of carboxylic acids is 1. The Labute approximate surface area is 129 Å². The lowest BCUT2D eigenvalue weighted by molar-refractivity contribution is -0.143. The fourth-order valence-electron chi connectivity index (χ4n) is 2.94. The van der Waals surface area contributed by atoms with E-state index in [9.17, 15) is 9.90 Å². The van der Waals surface area contributed by atoms with Crippen LogP contribution in [0.15, 0.2) is 42.5 Å². The van der Waals surface area contributed by atoms with Crippen LogP contribution in [0.1, 0.15) is 23.6 Å². The van der Waals surface area contributed by atoms with Gasteiger partial charge in [0.2, 0.25) is 6.79 Å². The zero-order valence-corrected chi connectivity index (χ0v) is 12.6. The Hall–Kier alpha value is -2.49. The third-order valence-corrected chi connectivity index (χ3v) is 4.21. The number of carboxylic acid groups (broad SMARTS) is 1. The second kappa shape index (κ2) is 5.37. The summed E-state index contributed by atoms with van der Waals surface area (Å²) in [6, 6.07) is 13.2. The summed E-state index contributed by atoms with van der Waals surface area (Å²) in [4.78, 5) is 12.0. The molecule has 4 heteroatoms. The number of aliphatic carboxylic acids is 1. The van der Waals surface area contributed by atoms with E-state index in [1.807, 2.05) is 49.4 Å². The van der Waals surface area contributed by atoms with Crippen molar-refractivity contribution in [2.24, 2.45) is 0 Å². The fraction of sp³-hybridized carbons (Fsp3) is 0.278. The zero-order valence-electron chi connectivity index (χ0n) is 12.6. The molecule has 1 aliphatic heterocycles. The van der Waals surface area contributed by atoms with E-state index in [1.54, 1.807) is 6.92 Å². The number of hydrogen-bond acceptors (Lipinski definition) is 3. The summed E-state index contributed by atoms with van der Waals surface area (Å²) in [5.74, 6) is 0.547. The van der Waals surface area contributed by atoms with Crippen molar-refractivity contribution in [1.29, 1.82) is 0 Å². The first-order chi connectivity index (χ1) is 10.5. The van der Waals surface area contributed by atoms with E-state index in [0.29, 0.717) is 17.9 Å². The molecule has 1 heterocycles. The van der Waals surface area contributed by atoms with Gasteiger partial charge >= 0.3 is 5.97 Å². The molecule has 0 amide bonds. The topological polar surface area (TPSA) is 55.8 Å². The van der Waals surface area contributed by atoms with Crippen molar-refractivity contribution in [1.82, 2.24) is 0 Å². The van der Waals surface area contributed by atoms with Crippen molar-refractivity contribution >= 4 is 5.97 Å². The molecule has 4 nitrogen and oxygen atoms in total. The molecule has 0 aromatic heterocycles. The van der Waals surface area contributed by atoms with Crippen molar-refractivity contribution in [2.45, 2.75) is 25.7 Å². The van der Waals surface area contributed by atoms with E-state index in [1.165, 1.54) is 0 Å². The maximum atomic E-state index is 12.0. The van der Waals surface area contributed by atoms with Crippen molar-refractivity contribution < 1.29 is 19.4 Å². The van der Waals surface area contributed by atoms with Crippen molar-refractivity contribution in [3.05, 3.63) is 59.2 Å². The maximum Gasteiger partial charge on any atom is 0.314 e. The third kappa shape index (κ3) is 2.41. The van der Waals surface area contributed by atoms with Crippen molar-refractivity contribution in [2.75, 3.05) is 6.79 Å². The molecule has 1 aliphatic rings. The summed E-state index contributed by atoms with van der Waals surface area (Å²) in [5, 5.41) is 9.81. The summed E-state index contributed by atoms with van der Waals surface area (Å²) in [6.45, 7) is 3.92. The first kappa shape index (κ1) is 14.4. The lowest BCUT2D eigenvalue weighted by Crippen LogP contribution is -2.35. The van der Waals surface area contributed by atoms with Gasteiger partial charge in [0.05, 0.1) is 5.41 Å². The van der Waals surface area contributed by atoms with Crippen LogP contribution in [0.4, 0.5) is 0 Å². The Morgan fingerprint density at radius 2 is 1.91 bits per heavy atom. The Balaban J connectivity index is 1.99. The molecule has 1 unspecified atom stereocenters. The molecule has 3 rings (SSSR count). The first-order valence-corrected chi connectivity index (χ1v) is 7.19. The predicted octanol–water partition coefficient (Wildman–Crippen LogP) is 3.31. The number of carbonyl (C=O) groups is 1. The highest BCUT2D eigenvalue weighted by molar-refractivity contribution is 5.82. The minimum absolute atomic E-state index is 0.215.